The van der Waals surface area contributed by atoms with Crippen LogP contribution in [0.2, 0.25) is 0 Å². The van der Waals surface area contributed by atoms with Crippen molar-refractivity contribution in [3.05, 3.63) is 0 Å². The van der Waals surface area contributed by atoms with Gasteiger partial charge in [-0.15, -0.1) is 0 Å². The van der Waals surface area contributed by atoms with E-state index in [1.165, 1.54) is 0 Å². The third-order valence-electron chi connectivity index (χ3n) is 2.68. The highest BCUT2D eigenvalue weighted by molar-refractivity contribution is 5.75. The summed E-state index contributed by atoms with van der Waals surface area (Å²) in [5.74, 6) is -0.344. The number of hydrogen-bond acceptors (Lipinski definition) is 4. The predicted octanol–water partition coefficient (Wildman–Crippen LogP) is 1.70. The maximum Gasteiger partial charge on any atom is 0.311 e. The average Bonchev–Trinajstić information content (AvgIpc) is 2.08. The SMILES string of the molecule is CC(O)C(OC(=O)C(C)(C)C)C(N)C(C)(C)C. The molecule has 0 saturated heterocycles. The number of aliphatic hydroxyl groups excluding tert-OH is 1. The molecule has 0 rings (SSSR count). The van der Waals surface area contributed by atoms with Gasteiger partial charge in [0.1, 0.15) is 6.10 Å². The summed E-state index contributed by atoms with van der Waals surface area (Å²) in [5, 5.41) is 9.70. The maximum atomic E-state index is 11.8. The Kier molecular flexibility index (Phi) is 5.16. The Morgan fingerprint density at radius 2 is 1.59 bits per heavy atom. The zero-order chi connectivity index (χ0) is 14.0. The second-order valence-electron chi connectivity index (χ2n) is 6.75. The average molecular weight is 245 g/mol. The minimum absolute atomic E-state index is 0.236. The quantitative estimate of drug-likeness (QED) is 0.742. The van der Waals surface area contributed by atoms with Crippen molar-refractivity contribution >= 4 is 5.97 Å². The van der Waals surface area contributed by atoms with E-state index in [1.807, 2.05) is 20.8 Å². The van der Waals surface area contributed by atoms with Gasteiger partial charge in [0.05, 0.1) is 11.5 Å². The first-order valence-electron chi connectivity index (χ1n) is 6.02. The molecule has 0 bridgehead atoms. The molecule has 0 aromatic rings. The molecule has 0 radical (unpaired) electrons. The molecule has 0 saturated carbocycles. The summed E-state index contributed by atoms with van der Waals surface area (Å²) in [5.41, 5.74) is 5.22. The maximum absolute atomic E-state index is 11.8. The zero-order valence-electron chi connectivity index (χ0n) is 12.1. The van der Waals surface area contributed by atoms with Gasteiger partial charge in [-0.25, -0.2) is 0 Å². The van der Waals surface area contributed by atoms with Crippen molar-refractivity contribution in [3.63, 3.8) is 0 Å². The Bertz CT molecular complexity index is 261. The first-order chi connectivity index (χ1) is 7.37. The predicted molar refractivity (Wildman–Crippen MR) is 68.4 cm³/mol. The second kappa shape index (κ2) is 5.36. The monoisotopic (exact) mass is 245 g/mol. The summed E-state index contributed by atoms with van der Waals surface area (Å²) < 4.78 is 5.35. The van der Waals surface area contributed by atoms with E-state index in [0.29, 0.717) is 0 Å². The van der Waals surface area contributed by atoms with E-state index >= 15 is 0 Å². The van der Waals surface area contributed by atoms with Crippen LogP contribution in [-0.4, -0.2) is 29.3 Å². The number of carbonyl (C=O) groups is 1. The molecule has 17 heavy (non-hydrogen) atoms. The van der Waals surface area contributed by atoms with E-state index in [9.17, 15) is 9.90 Å². The number of nitrogens with two attached hydrogens (primary N) is 1. The highest BCUT2D eigenvalue weighted by Crippen LogP contribution is 2.25. The van der Waals surface area contributed by atoms with Crippen LogP contribution in [-0.2, 0) is 9.53 Å². The number of esters is 1. The van der Waals surface area contributed by atoms with Crippen LogP contribution in [0.3, 0.4) is 0 Å². The summed E-state index contributed by atoms with van der Waals surface area (Å²) in [6.07, 6.45) is -1.46. The topological polar surface area (TPSA) is 72.5 Å². The molecule has 0 fully saturated rings. The van der Waals surface area contributed by atoms with Gasteiger partial charge in [-0.2, -0.15) is 0 Å². The third-order valence-corrected chi connectivity index (χ3v) is 2.68. The van der Waals surface area contributed by atoms with E-state index in [2.05, 4.69) is 0 Å². The molecule has 102 valence electrons. The van der Waals surface area contributed by atoms with Gasteiger partial charge in [0, 0.05) is 6.04 Å². The molecule has 0 aliphatic rings. The standard InChI is InChI=1S/C13H27NO3/c1-8(15)9(10(14)12(2,3)4)17-11(16)13(5,6)7/h8-10,15H,14H2,1-7H3. The molecule has 0 aromatic heterocycles. The fourth-order valence-electron chi connectivity index (χ4n) is 1.27. The van der Waals surface area contributed by atoms with Crippen LogP contribution in [0.15, 0.2) is 0 Å². The van der Waals surface area contributed by atoms with Crippen molar-refractivity contribution in [2.45, 2.75) is 66.7 Å². The van der Waals surface area contributed by atoms with Crippen molar-refractivity contribution in [2.24, 2.45) is 16.6 Å². The molecule has 0 aliphatic carbocycles. The second-order valence-corrected chi connectivity index (χ2v) is 6.75. The number of hydrogen-bond donors (Lipinski definition) is 2. The first-order valence-corrected chi connectivity index (χ1v) is 6.02. The summed E-state index contributed by atoms with van der Waals surface area (Å²) in [4.78, 5) is 11.8. The van der Waals surface area contributed by atoms with Crippen LogP contribution >= 0.6 is 0 Å². The van der Waals surface area contributed by atoms with Gasteiger partial charge in [-0.05, 0) is 33.1 Å². The van der Waals surface area contributed by atoms with Crippen molar-refractivity contribution in [2.75, 3.05) is 0 Å². The summed E-state index contributed by atoms with van der Waals surface area (Å²) in [7, 11) is 0. The summed E-state index contributed by atoms with van der Waals surface area (Å²) in [6.45, 7) is 12.8. The van der Waals surface area contributed by atoms with E-state index in [-0.39, 0.29) is 11.4 Å². The van der Waals surface area contributed by atoms with Crippen molar-refractivity contribution in [1.29, 1.82) is 0 Å². The Morgan fingerprint density at radius 1 is 1.18 bits per heavy atom. The lowest BCUT2D eigenvalue weighted by molar-refractivity contribution is -0.167. The van der Waals surface area contributed by atoms with Gasteiger partial charge in [0.2, 0.25) is 0 Å². The summed E-state index contributed by atoms with van der Waals surface area (Å²) in [6, 6.07) is -0.409. The largest absolute Gasteiger partial charge is 0.458 e. The summed E-state index contributed by atoms with van der Waals surface area (Å²) >= 11 is 0. The fourth-order valence-corrected chi connectivity index (χ4v) is 1.27. The van der Waals surface area contributed by atoms with Gasteiger partial charge in [-0.1, -0.05) is 20.8 Å². The lowest BCUT2D eigenvalue weighted by Gasteiger charge is -2.36. The van der Waals surface area contributed by atoms with Crippen molar-refractivity contribution < 1.29 is 14.6 Å². The molecule has 0 heterocycles. The number of rotatable bonds is 3. The lowest BCUT2D eigenvalue weighted by Crippen LogP contribution is -2.52. The van der Waals surface area contributed by atoms with Gasteiger partial charge in [0.15, 0.2) is 0 Å². The van der Waals surface area contributed by atoms with E-state index in [0.717, 1.165) is 0 Å². The normalized spacial score (nSPS) is 18.4. The van der Waals surface area contributed by atoms with E-state index in [4.69, 9.17) is 10.5 Å². The van der Waals surface area contributed by atoms with Crippen LogP contribution in [0, 0.1) is 10.8 Å². The van der Waals surface area contributed by atoms with E-state index < -0.39 is 23.7 Å². The molecule has 0 aliphatic heterocycles. The molecule has 0 aromatic carbocycles. The molecule has 4 nitrogen and oxygen atoms in total. The molecular formula is C13H27NO3. The number of aliphatic hydroxyl groups is 1. The Morgan fingerprint density at radius 3 is 1.82 bits per heavy atom. The Balaban J connectivity index is 4.85. The van der Waals surface area contributed by atoms with Crippen molar-refractivity contribution in [3.8, 4) is 0 Å². The van der Waals surface area contributed by atoms with Gasteiger partial charge in [0.25, 0.3) is 0 Å². The number of ether oxygens (including phenoxy) is 1. The Hall–Kier alpha value is -0.610. The third kappa shape index (κ3) is 5.04. The van der Waals surface area contributed by atoms with Crippen LogP contribution in [0.25, 0.3) is 0 Å². The van der Waals surface area contributed by atoms with Crippen LogP contribution in [0.5, 0.6) is 0 Å². The molecular weight excluding hydrogens is 218 g/mol. The lowest BCUT2D eigenvalue weighted by atomic mass is 9.82. The highest BCUT2D eigenvalue weighted by atomic mass is 16.6. The van der Waals surface area contributed by atoms with Gasteiger partial charge >= 0.3 is 5.97 Å². The molecule has 3 unspecified atom stereocenters. The molecule has 0 amide bonds. The van der Waals surface area contributed by atoms with Crippen LogP contribution < -0.4 is 5.73 Å². The highest BCUT2D eigenvalue weighted by Gasteiger charge is 2.37. The van der Waals surface area contributed by atoms with Crippen LogP contribution in [0.1, 0.15) is 48.5 Å². The first kappa shape index (κ1) is 16.4. The molecule has 3 atom stereocenters. The van der Waals surface area contributed by atoms with Crippen molar-refractivity contribution in [1.82, 2.24) is 0 Å². The fraction of sp³-hybridized carbons (Fsp3) is 0.923. The molecule has 0 spiro atoms. The Labute approximate surface area is 105 Å². The minimum atomic E-state index is -0.782. The zero-order valence-corrected chi connectivity index (χ0v) is 12.1. The minimum Gasteiger partial charge on any atom is -0.458 e. The van der Waals surface area contributed by atoms with Gasteiger partial charge < -0.3 is 15.6 Å². The van der Waals surface area contributed by atoms with Crippen LogP contribution in [0.4, 0.5) is 0 Å². The smallest absolute Gasteiger partial charge is 0.311 e. The molecule has 3 N–H and O–H groups in total. The van der Waals surface area contributed by atoms with Gasteiger partial charge in [-0.3, -0.25) is 4.79 Å². The molecule has 4 heteroatoms. The van der Waals surface area contributed by atoms with E-state index in [1.54, 1.807) is 27.7 Å². The number of carbonyl (C=O) groups excluding carboxylic acids is 1.